The van der Waals surface area contributed by atoms with E-state index in [0.717, 1.165) is 23.0 Å². The first-order valence-electron chi connectivity index (χ1n) is 4.72. The molecule has 0 bridgehead atoms. The third-order valence-corrected chi connectivity index (χ3v) is 2.90. The Balaban J connectivity index is 2.70. The number of rotatable bonds is 4. The Labute approximate surface area is 92.8 Å². The summed E-state index contributed by atoms with van der Waals surface area (Å²) in [6, 6.07) is 4.82. The molecule has 0 radical (unpaired) electrons. The average Bonchev–Trinajstić information content (AvgIpc) is 2.12. The zero-order valence-electron chi connectivity index (χ0n) is 8.48. The van der Waals surface area contributed by atoms with E-state index < -0.39 is 0 Å². The number of hydrogen-bond donors (Lipinski definition) is 1. The average molecular weight is 260 g/mol. The van der Waals surface area contributed by atoms with Crippen LogP contribution in [0.4, 0.5) is 4.39 Å². The minimum Gasteiger partial charge on any atom is -0.319 e. The molecule has 1 aromatic carbocycles. The second kappa shape index (κ2) is 5.47. The van der Waals surface area contributed by atoms with Crippen molar-refractivity contribution in [2.45, 2.75) is 13.3 Å². The molecule has 0 aromatic heterocycles. The molecule has 1 unspecified atom stereocenters. The summed E-state index contributed by atoms with van der Waals surface area (Å²) >= 11 is 3.42. The summed E-state index contributed by atoms with van der Waals surface area (Å²) in [4.78, 5) is 0. The highest BCUT2D eigenvalue weighted by Gasteiger charge is 2.06. The van der Waals surface area contributed by atoms with Crippen molar-refractivity contribution in [1.82, 2.24) is 5.32 Å². The van der Waals surface area contributed by atoms with Crippen LogP contribution in [0.25, 0.3) is 0 Å². The van der Waals surface area contributed by atoms with E-state index in [-0.39, 0.29) is 5.82 Å². The third-order valence-electron chi connectivity index (χ3n) is 2.13. The fourth-order valence-corrected chi connectivity index (χ4v) is 1.90. The molecule has 0 spiro atoms. The van der Waals surface area contributed by atoms with Crippen LogP contribution >= 0.6 is 15.9 Å². The Morgan fingerprint density at radius 3 is 2.86 bits per heavy atom. The van der Waals surface area contributed by atoms with Crippen LogP contribution in [0, 0.1) is 11.7 Å². The van der Waals surface area contributed by atoms with Gasteiger partial charge in [0, 0.05) is 4.47 Å². The fraction of sp³-hybridized carbons (Fsp3) is 0.455. The van der Waals surface area contributed by atoms with Gasteiger partial charge in [0.2, 0.25) is 0 Å². The number of halogens is 2. The van der Waals surface area contributed by atoms with Crippen molar-refractivity contribution in [3.8, 4) is 0 Å². The van der Waals surface area contributed by atoms with Gasteiger partial charge in [-0.2, -0.15) is 0 Å². The van der Waals surface area contributed by atoms with Gasteiger partial charge >= 0.3 is 0 Å². The predicted octanol–water partition coefficient (Wildman–Crippen LogP) is 2.99. The highest BCUT2D eigenvalue weighted by Crippen LogP contribution is 2.20. The maximum absolute atomic E-state index is 12.9. The second-order valence-electron chi connectivity index (χ2n) is 3.60. The van der Waals surface area contributed by atoms with Gasteiger partial charge in [-0.25, -0.2) is 4.39 Å². The van der Waals surface area contributed by atoms with Gasteiger partial charge in [0.1, 0.15) is 5.82 Å². The van der Waals surface area contributed by atoms with Crippen LogP contribution in [0.3, 0.4) is 0 Å². The topological polar surface area (TPSA) is 12.0 Å². The van der Waals surface area contributed by atoms with Gasteiger partial charge in [-0.15, -0.1) is 0 Å². The zero-order chi connectivity index (χ0) is 10.6. The first kappa shape index (κ1) is 11.7. The standard InChI is InChI=1S/C11H15BrFN/c1-8(7-14-2)5-9-6-10(13)3-4-11(9)12/h3-4,6,8,14H,5,7H2,1-2H3. The molecule has 0 aliphatic rings. The van der Waals surface area contributed by atoms with Crippen molar-refractivity contribution in [3.63, 3.8) is 0 Å². The number of hydrogen-bond acceptors (Lipinski definition) is 1. The maximum atomic E-state index is 12.9. The third kappa shape index (κ3) is 3.39. The Hall–Kier alpha value is -0.410. The fourth-order valence-electron chi connectivity index (χ4n) is 1.50. The Morgan fingerprint density at radius 2 is 2.21 bits per heavy atom. The van der Waals surface area contributed by atoms with Crippen LogP contribution in [0.2, 0.25) is 0 Å². The van der Waals surface area contributed by atoms with E-state index in [4.69, 9.17) is 0 Å². The predicted molar refractivity (Wildman–Crippen MR) is 60.9 cm³/mol. The quantitative estimate of drug-likeness (QED) is 0.877. The van der Waals surface area contributed by atoms with Crippen LogP contribution in [-0.2, 0) is 6.42 Å². The molecule has 0 aliphatic carbocycles. The van der Waals surface area contributed by atoms with Crippen molar-refractivity contribution in [3.05, 3.63) is 34.1 Å². The van der Waals surface area contributed by atoms with Gasteiger partial charge in [0.15, 0.2) is 0 Å². The number of nitrogens with one attached hydrogen (secondary N) is 1. The van der Waals surface area contributed by atoms with E-state index in [9.17, 15) is 4.39 Å². The van der Waals surface area contributed by atoms with Gasteiger partial charge < -0.3 is 5.32 Å². The van der Waals surface area contributed by atoms with E-state index in [1.807, 2.05) is 7.05 Å². The number of benzene rings is 1. The molecule has 14 heavy (non-hydrogen) atoms. The lowest BCUT2D eigenvalue weighted by molar-refractivity contribution is 0.538. The van der Waals surface area contributed by atoms with Gasteiger partial charge in [-0.3, -0.25) is 0 Å². The molecule has 1 N–H and O–H groups in total. The molecular formula is C11H15BrFN. The molecule has 1 nitrogen and oxygen atoms in total. The molecule has 78 valence electrons. The van der Waals surface area contributed by atoms with Crippen LogP contribution < -0.4 is 5.32 Å². The van der Waals surface area contributed by atoms with Crippen molar-refractivity contribution in [2.75, 3.05) is 13.6 Å². The molecule has 1 atom stereocenters. The maximum Gasteiger partial charge on any atom is 0.123 e. The molecule has 0 aliphatic heterocycles. The van der Waals surface area contributed by atoms with Crippen molar-refractivity contribution >= 4 is 15.9 Å². The molecule has 1 rings (SSSR count). The van der Waals surface area contributed by atoms with Gasteiger partial charge in [0.25, 0.3) is 0 Å². The first-order chi connectivity index (χ1) is 6.63. The van der Waals surface area contributed by atoms with E-state index in [2.05, 4.69) is 28.2 Å². The molecule has 0 saturated carbocycles. The van der Waals surface area contributed by atoms with E-state index >= 15 is 0 Å². The normalized spacial score (nSPS) is 12.9. The summed E-state index contributed by atoms with van der Waals surface area (Å²) in [5.41, 5.74) is 1.03. The van der Waals surface area contributed by atoms with E-state index in [0.29, 0.717) is 5.92 Å². The van der Waals surface area contributed by atoms with Crippen LogP contribution in [0.15, 0.2) is 22.7 Å². The van der Waals surface area contributed by atoms with Crippen molar-refractivity contribution in [1.29, 1.82) is 0 Å². The largest absolute Gasteiger partial charge is 0.319 e. The summed E-state index contributed by atoms with van der Waals surface area (Å²) in [7, 11) is 1.93. The highest BCUT2D eigenvalue weighted by atomic mass is 79.9. The highest BCUT2D eigenvalue weighted by molar-refractivity contribution is 9.10. The summed E-state index contributed by atoms with van der Waals surface area (Å²) in [6.45, 7) is 3.09. The second-order valence-corrected chi connectivity index (χ2v) is 4.46. The molecule has 3 heteroatoms. The van der Waals surface area contributed by atoms with Gasteiger partial charge in [0.05, 0.1) is 0 Å². The monoisotopic (exact) mass is 259 g/mol. The van der Waals surface area contributed by atoms with E-state index in [1.54, 1.807) is 12.1 Å². The van der Waals surface area contributed by atoms with Crippen LogP contribution in [0.5, 0.6) is 0 Å². The molecule has 0 fully saturated rings. The molecule has 1 aromatic rings. The molecule has 0 amide bonds. The molecule has 0 saturated heterocycles. The summed E-state index contributed by atoms with van der Waals surface area (Å²) < 4.78 is 13.9. The summed E-state index contributed by atoms with van der Waals surface area (Å²) in [6.07, 6.45) is 0.888. The SMILES string of the molecule is CNCC(C)Cc1cc(F)ccc1Br. The minimum absolute atomic E-state index is 0.167. The van der Waals surface area contributed by atoms with E-state index in [1.165, 1.54) is 6.07 Å². The lowest BCUT2D eigenvalue weighted by Crippen LogP contribution is -2.18. The van der Waals surface area contributed by atoms with Crippen LogP contribution in [-0.4, -0.2) is 13.6 Å². The van der Waals surface area contributed by atoms with Gasteiger partial charge in [-0.1, -0.05) is 22.9 Å². The zero-order valence-corrected chi connectivity index (χ0v) is 10.1. The molecule has 0 heterocycles. The van der Waals surface area contributed by atoms with Crippen molar-refractivity contribution in [2.24, 2.45) is 5.92 Å². The Bertz CT molecular complexity index is 301. The molecular weight excluding hydrogens is 245 g/mol. The smallest absolute Gasteiger partial charge is 0.123 e. The van der Waals surface area contributed by atoms with Gasteiger partial charge in [-0.05, 0) is 49.7 Å². The first-order valence-corrected chi connectivity index (χ1v) is 5.51. The summed E-state index contributed by atoms with van der Waals surface area (Å²) in [5, 5.41) is 3.11. The lowest BCUT2D eigenvalue weighted by Gasteiger charge is -2.11. The minimum atomic E-state index is -0.167. The summed E-state index contributed by atoms with van der Waals surface area (Å²) in [5.74, 6) is 0.345. The van der Waals surface area contributed by atoms with Crippen LogP contribution in [0.1, 0.15) is 12.5 Å². The Morgan fingerprint density at radius 1 is 1.50 bits per heavy atom. The Kier molecular flexibility index (Phi) is 4.55. The van der Waals surface area contributed by atoms with Crippen molar-refractivity contribution < 1.29 is 4.39 Å². The lowest BCUT2D eigenvalue weighted by atomic mass is 10.0.